The average molecular weight is 290 g/mol. The van der Waals surface area contributed by atoms with E-state index in [0.29, 0.717) is 25.0 Å². The third-order valence-electron chi connectivity index (χ3n) is 3.13. The largest absolute Gasteiger partial charge is 0.466 e. The summed E-state index contributed by atoms with van der Waals surface area (Å²) < 4.78 is 10.5. The molecule has 0 heterocycles. The van der Waals surface area contributed by atoms with E-state index in [1.807, 2.05) is 13.0 Å². The molecule has 1 aromatic rings. The molecule has 1 aromatic carbocycles. The second-order valence-electron chi connectivity index (χ2n) is 4.60. The van der Waals surface area contributed by atoms with Gasteiger partial charge >= 0.3 is 11.9 Å². The number of allylic oxidation sites excluding steroid dienone is 1. The van der Waals surface area contributed by atoms with E-state index in [1.54, 1.807) is 37.3 Å². The number of ether oxygens (including phenoxy) is 2. The van der Waals surface area contributed by atoms with Crippen LogP contribution in [0.4, 0.5) is 0 Å². The third kappa shape index (κ3) is 5.06. The maximum absolute atomic E-state index is 12.1. The summed E-state index contributed by atoms with van der Waals surface area (Å²) in [4.78, 5) is 24.1. The summed E-state index contributed by atoms with van der Waals surface area (Å²) in [5.74, 6) is -1.30. The van der Waals surface area contributed by atoms with Gasteiger partial charge in [-0.1, -0.05) is 31.2 Å². The van der Waals surface area contributed by atoms with E-state index in [1.165, 1.54) is 0 Å². The molecule has 2 unspecified atom stereocenters. The van der Waals surface area contributed by atoms with Gasteiger partial charge in [0, 0.05) is 0 Å². The lowest BCUT2D eigenvalue weighted by Crippen LogP contribution is -2.33. The van der Waals surface area contributed by atoms with Gasteiger partial charge in [-0.25, -0.2) is 4.79 Å². The molecule has 0 saturated carbocycles. The second kappa shape index (κ2) is 8.95. The van der Waals surface area contributed by atoms with Gasteiger partial charge in [-0.3, -0.25) is 4.79 Å². The predicted molar refractivity (Wildman–Crippen MR) is 80.9 cm³/mol. The molecule has 2 atom stereocenters. The lowest BCUT2D eigenvalue weighted by atomic mass is 9.96. The normalized spacial score (nSPS) is 13.0. The molecule has 0 radical (unpaired) electrons. The Labute approximate surface area is 125 Å². The molecule has 0 spiro atoms. The highest BCUT2D eigenvalue weighted by Gasteiger charge is 2.30. The van der Waals surface area contributed by atoms with Gasteiger partial charge in [0.2, 0.25) is 0 Å². The van der Waals surface area contributed by atoms with Gasteiger partial charge in [-0.15, -0.1) is 6.58 Å². The Morgan fingerprint density at radius 2 is 1.90 bits per heavy atom. The molecular weight excluding hydrogens is 268 g/mol. The molecule has 0 amide bonds. The lowest BCUT2D eigenvalue weighted by molar-refractivity contribution is -0.152. The first-order valence-corrected chi connectivity index (χ1v) is 7.17. The minimum atomic E-state index is -0.519. The summed E-state index contributed by atoms with van der Waals surface area (Å²) in [7, 11) is 0. The van der Waals surface area contributed by atoms with Crippen LogP contribution in [0.25, 0.3) is 0 Å². The Morgan fingerprint density at radius 3 is 2.43 bits per heavy atom. The standard InChI is InChI=1S/C17H22O4/c1-4-10-14(17(19)20-6-3)15(5-2)21-16(18)13-11-8-7-9-12-13/h4,7-9,11-12,14-15H,1,5-6,10H2,2-3H3. The van der Waals surface area contributed by atoms with Crippen LogP contribution in [-0.4, -0.2) is 24.6 Å². The maximum Gasteiger partial charge on any atom is 0.338 e. The molecule has 21 heavy (non-hydrogen) atoms. The molecule has 114 valence electrons. The first-order valence-electron chi connectivity index (χ1n) is 7.17. The fourth-order valence-electron chi connectivity index (χ4n) is 2.06. The Bertz CT molecular complexity index is 467. The zero-order valence-corrected chi connectivity index (χ0v) is 12.6. The van der Waals surface area contributed by atoms with Gasteiger partial charge in [0.15, 0.2) is 0 Å². The number of carbonyl (C=O) groups is 2. The number of benzene rings is 1. The molecule has 0 N–H and O–H groups in total. The number of rotatable bonds is 8. The van der Waals surface area contributed by atoms with Gasteiger partial charge in [0.25, 0.3) is 0 Å². The summed E-state index contributed by atoms with van der Waals surface area (Å²) in [6.45, 7) is 7.57. The smallest absolute Gasteiger partial charge is 0.338 e. The van der Waals surface area contributed by atoms with Gasteiger partial charge in [0.1, 0.15) is 6.10 Å². The first kappa shape index (κ1) is 17.0. The molecular formula is C17H22O4. The fraction of sp³-hybridized carbons (Fsp3) is 0.412. The van der Waals surface area contributed by atoms with Gasteiger partial charge < -0.3 is 9.47 Å². The van der Waals surface area contributed by atoms with Crippen molar-refractivity contribution < 1.29 is 19.1 Å². The molecule has 0 fully saturated rings. The van der Waals surface area contributed by atoms with Crippen molar-refractivity contribution in [3.05, 3.63) is 48.6 Å². The van der Waals surface area contributed by atoms with Crippen LogP contribution in [0.15, 0.2) is 43.0 Å². The van der Waals surface area contributed by atoms with E-state index >= 15 is 0 Å². The van der Waals surface area contributed by atoms with Crippen molar-refractivity contribution in [1.29, 1.82) is 0 Å². The molecule has 0 aromatic heterocycles. The highest BCUT2D eigenvalue weighted by Crippen LogP contribution is 2.20. The molecule has 4 nitrogen and oxygen atoms in total. The number of carbonyl (C=O) groups excluding carboxylic acids is 2. The fourth-order valence-corrected chi connectivity index (χ4v) is 2.06. The number of hydrogen-bond donors (Lipinski definition) is 0. The minimum absolute atomic E-state index is 0.301. The molecule has 1 rings (SSSR count). The van der Waals surface area contributed by atoms with E-state index < -0.39 is 18.0 Å². The molecule has 4 heteroatoms. The monoisotopic (exact) mass is 290 g/mol. The molecule has 0 saturated heterocycles. The van der Waals surface area contributed by atoms with Crippen molar-refractivity contribution in [1.82, 2.24) is 0 Å². The lowest BCUT2D eigenvalue weighted by Gasteiger charge is -2.23. The summed E-state index contributed by atoms with van der Waals surface area (Å²) in [5, 5.41) is 0. The molecule has 0 bridgehead atoms. The Kier molecular flexibility index (Phi) is 7.23. The second-order valence-corrected chi connectivity index (χ2v) is 4.60. The highest BCUT2D eigenvalue weighted by molar-refractivity contribution is 5.89. The Balaban J connectivity index is 2.81. The van der Waals surface area contributed by atoms with Gasteiger partial charge in [-0.2, -0.15) is 0 Å². The molecule has 0 aliphatic heterocycles. The van der Waals surface area contributed by atoms with E-state index in [4.69, 9.17) is 9.47 Å². The summed E-state index contributed by atoms with van der Waals surface area (Å²) in [6.07, 6.45) is 2.07. The van der Waals surface area contributed by atoms with Gasteiger partial charge in [0.05, 0.1) is 18.1 Å². The van der Waals surface area contributed by atoms with Crippen molar-refractivity contribution in [2.24, 2.45) is 5.92 Å². The van der Waals surface area contributed by atoms with Crippen LogP contribution in [0.3, 0.4) is 0 Å². The van der Waals surface area contributed by atoms with Crippen LogP contribution in [0.1, 0.15) is 37.0 Å². The summed E-state index contributed by atoms with van der Waals surface area (Å²) in [6, 6.07) is 8.73. The Morgan fingerprint density at radius 1 is 1.24 bits per heavy atom. The van der Waals surface area contributed by atoms with Crippen LogP contribution in [0, 0.1) is 5.92 Å². The maximum atomic E-state index is 12.1. The van der Waals surface area contributed by atoms with E-state index in [9.17, 15) is 9.59 Å². The Hall–Kier alpha value is -2.10. The highest BCUT2D eigenvalue weighted by atomic mass is 16.6. The minimum Gasteiger partial charge on any atom is -0.466 e. The number of esters is 2. The predicted octanol–water partition coefficient (Wildman–Crippen LogP) is 3.38. The van der Waals surface area contributed by atoms with Crippen LogP contribution in [-0.2, 0) is 14.3 Å². The number of hydrogen-bond acceptors (Lipinski definition) is 4. The van der Waals surface area contributed by atoms with E-state index in [0.717, 1.165) is 0 Å². The van der Waals surface area contributed by atoms with Crippen LogP contribution >= 0.6 is 0 Å². The van der Waals surface area contributed by atoms with Crippen molar-refractivity contribution in [3.8, 4) is 0 Å². The van der Waals surface area contributed by atoms with Crippen LogP contribution in [0.5, 0.6) is 0 Å². The van der Waals surface area contributed by atoms with Crippen molar-refractivity contribution in [2.45, 2.75) is 32.8 Å². The van der Waals surface area contributed by atoms with Gasteiger partial charge in [-0.05, 0) is 31.9 Å². The average Bonchev–Trinajstić information content (AvgIpc) is 2.51. The summed E-state index contributed by atoms with van der Waals surface area (Å²) >= 11 is 0. The SMILES string of the molecule is C=CCC(C(=O)OCC)C(CC)OC(=O)c1ccccc1. The van der Waals surface area contributed by atoms with Crippen LogP contribution in [0.2, 0.25) is 0 Å². The van der Waals surface area contributed by atoms with Crippen molar-refractivity contribution >= 4 is 11.9 Å². The molecule has 0 aliphatic rings. The van der Waals surface area contributed by atoms with Crippen LogP contribution < -0.4 is 0 Å². The van der Waals surface area contributed by atoms with Crippen molar-refractivity contribution in [2.75, 3.05) is 6.61 Å². The topological polar surface area (TPSA) is 52.6 Å². The van der Waals surface area contributed by atoms with E-state index in [2.05, 4.69) is 6.58 Å². The van der Waals surface area contributed by atoms with E-state index in [-0.39, 0.29) is 5.97 Å². The summed E-state index contributed by atoms with van der Waals surface area (Å²) in [5.41, 5.74) is 0.470. The zero-order chi connectivity index (χ0) is 15.7. The van der Waals surface area contributed by atoms with Crippen molar-refractivity contribution in [3.63, 3.8) is 0 Å². The first-order chi connectivity index (χ1) is 10.1. The third-order valence-corrected chi connectivity index (χ3v) is 3.13. The zero-order valence-electron chi connectivity index (χ0n) is 12.6. The molecule has 0 aliphatic carbocycles. The quantitative estimate of drug-likeness (QED) is 0.544.